The molecule has 0 saturated carbocycles. The first-order valence-corrected chi connectivity index (χ1v) is 14.0. The molecule has 2 aromatic carbocycles. The summed E-state index contributed by atoms with van der Waals surface area (Å²) in [6.45, 7) is 3.56. The summed E-state index contributed by atoms with van der Waals surface area (Å²) in [7, 11) is -3.48. The van der Waals surface area contributed by atoms with Crippen molar-refractivity contribution >= 4 is 78.0 Å². The number of para-hydroxylation sites is 1. The van der Waals surface area contributed by atoms with Crippen LogP contribution >= 0.6 is 46.9 Å². The summed E-state index contributed by atoms with van der Waals surface area (Å²) < 4.78 is 36.2. The molecular formula is C22H24Cl3N3O5S2. The lowest BCUT2D eigenvalue weighted by atomic mass is 10.3. The van der Waals surface area contributed by atoms with Crippen molar-refractivity contribution in [3.63, 3.8) is 0 Å². The molecule has 0 atom stereocenters. The number of thiazole rings is 1. The second-order valence-corrected chi connectivity index (χ2v) is 11.6. The van der Waals surface area contributed by atoms with Crippen LogP contribution in [0.5, 0.6) is 5.75 Å². The minimum atomic E-state index is -3.48. The average molecular weight is 581 g/mol. The molecule has 1 fully saturated rings. The van der Waals surface area contributed by atoms with Crippen LogP contribution in [0.4, 0.5) is 5.13 Å². The summed E-state index contributed by atoms with van der Waals surface area (Å²) in [6.07, 6.45) is 1.14. The van der Waals surface area contributed by atoms with Gasteiger partial charge in [0, 0.05) is 37.5 Å². The second-order valence-electron chi connectivity index (χ2n) is 7.73. The number of anilines is 1. The number of carbonyl (C=O) groups excluding carboxylic acids is 1. The Labute approximate surface area is 224 Å². The number of morpholine rings is 1. The van der Waals surface area contributed by atoms with Crippen LogP contribution in [0, 0.1) is 0 Å². The molecule has 0 radical (unpaired) electrons. The zero-order valence-electron chi connectivity index (χ0n) is 18.8. The second kappa shape index (κ2) is 12.1. The fourth-order valence-electron chi connectivity index (χ4n) is 3.53. The van der Waals surface area contributed by atoms with Crippen LogP contribution in [-0.4, -0.2) is 76.5 Å². The van der Waals surface area contributed by atoms with Crippen molar-refractivity contribution in [3.05, 3.63) is 46.4 Å². The van der Waals surface area contributed by atoms with Crippen LogP contribution in [0.2, 0.25) is 10.0 Å². The van der Waals surface area contributed by atoms with Gasteiger partial charge >= 0.3 is 0 Å². The van der Waals surface area contributed by atoms with Crippen LogP contribution in [0.15, 0.2) is 41.3 Å². The molecule has 190 valence electrons. The number of hydrogen-bond donors (Lipinski definition) is 0. The van der Waals surface area contributed by atoms with E-state index in [9.17, 15) is 13.2 Å². The topological polar surface area (TPSA) is 89.0 Å². The SMILES string of the molecule is CS(=O)(=O)c1cccc2sc(N(CCN3CCOCC3)C(=O)COc3ccc(Cl)cc3Cl)nc12.Cl. The van der Waals surface area contributed by atoms with E-state index in [-0.39, 0.29) is 29.8 Å². The highest BCUT2D eigenvalue weighted by molar-refractivity contribution is 7.91. The number of fused-ring (bicyclic) bond motifs is 1. The molecule has 0 unspecified atom stereocenters. The molecule has 2 heterocycles. The first-order valence-electron chi connectivity index (χ1n) is 10.5. The maximum absolute atomic E-state index is 13.3. The molecule has 0 spiro atoms. The molecule has 0 aliphatic carbocycles. The molecule has 0 bridgehead atoms. The zero-order chi connectivity index (χ0) is 24.3. The Bertz CT molecular complexity index is 1300. The summed E-state index contributed by atoms with van der Waals surface area (Å²) in [5.74, 6) is 0.0236. The molecule has 8 nitrogen and oxygen atoms in total. The Morgan fingerprint density at radius 1 is 1.23 bits per heavy atom. The highest BCUT2D eigenvalue weighted by Gasteiger charge is 2.24. The average Bonchev–Trinajstić information content (AvgIpc) is 3.22. The van der Waals surface area contributed by atoms with Gasteiger partial charge < -0.3 is 9.47 Å². The van der Waals surface area contributed by atoms with Crippen molar-refractivity contribution in [3.8, 4) is 5.75 Å². The van der Waals surface area contributed by atoms with Crippen molar-refractivity contribution in [2.45, 2.75) is 4.90 Å². The summed E-state index contributed by atoms with van der Waals surface area (Å²) in [5.41, 5.74) is 0.357. The number of benzene rings is 2. The molecule has 1 amide bonds. The van der Waals surface area contributed by atoms with E-state index in [1.165, 1.54) is 22.3 Å². The van der Waals surface area contributed by atoms with Crippen molar-refractivity contribution in [1.29, 1.82) is 0 Å². The number of hydrogen-bond acceptors (Lipinski definition) is 8. The van der Waals surface area contributed by atoms with E-state index in [4.69, 9.17) is 32.7 Å². The normalized spacial score (nSPS) is 14.5. The van der Waals surface area contributed by atoms with E-state index in [2.05, 4.69) is 9.88 Å². The maximum Gasteiger partial charge on any atom is 0.266 e. The molecule has 1 aliphatic rings. The number of halogens is 3. The number of rotatable bonds is 8. The maximum atomic E-state index is 13.3. The Morgan fingerprint density at radius 3 is 2.66 bits per heavy atom. The number of aromatic nitrogens is 1. The monoisotopic (exact) mass is 579 g/mol. The Morgan fingerprint density at radius 2 is 1.97 bits per heavy atom. The molecule has 13 heteroatoms. The van der Waals surface area contributed by atoms with Gasteiger partial charge in [0.05, 0.1) is 27.8 Å². The predicted octanol–water partition coefficient (Wildman–Crippen LogP) is 4.17. The van der Waals surface area contributed by atoms with Gasteiger partial charge in [-0.05, 0) is 30.3 Å². The van der Waals surface area contributed by atoms with Crippen LogP contribution < -0.4 is 9.64 Å². The number of ether oxygens (including phenoxy) is 2. The van der Waals surface area contributed by atoms with Gasteiger partial charge in [0.25, 0.3) is 5.91 Å². The molecule has 3 aromatic rings. The summed E-state index contributed by atoms with van der Waals surface area (Å²) in [5, 5.41) is 1.18. The van der Waals surface area contributed by atoms with Crippen molar-refractivity contribution < 1.29 is 22.7 Å². The van der Waals surface area contributed by atoms with Crippen LogP contribution in [-0.2, 0) is 19.4 Å². The molecular weight excluding hydrogens is 557 g/mol. The third kappa shape index (κ3) is 6.97. The smallest absolute Gasteiger partial charge is 0.266 e. The van der Waals surface area contributed by atoms with E-state index >= 15 is 0 Å². The van der Waals surface area contributed by atoms with Crippen LogP contribution in [0.25, 0.3) is 10.2 Å². The lowest BCUT2D eigenvalue weighted by molar-refractivity contribution is -0.120. The van der Waals surface area contributed by atoms with E-state index in [0.29, 0.717) is 57.4 Å². The van der Waals surface area contributed by atoms with Gasteiger partial charge in [0.2, 0.25) is 0 Å². The van der Waals surface area contributed by atoms with Gasteiger partial charge in [0.1, 0.15) is 11.3 Å². The third-order valence-electron chi connectivity index (χ3n) is 5.29. The molecule has 1 aromatic heterocycles. The fraction of sp³-hybridized carbons (Fsp3) is 0.364. The fourth-order valence-corrected chi connectivity index (χ4v) is 5.93. The Kier molecular flexibility index (Phi) is 9.61. The molecule has 35 heavy (non-hydrogen) atoms. The predicted molar refractivity (Wildman–Crippen MR) is 142 cm³/mol. The molecule has 0 N–H and O–H groups in total. The highest BCUT2D eigenvalue weighted by atomic mass is 35.5. The van der Waals surface area contributed by atoms with Gasteiger partial charge in [-0.25, -0.2) is 13.4 Å². The molecule has 1 aliphatic heterocycles. The standard InChI is InChI=1S/C22H23Cl2N3O5S2.ClH/c1-34(29,30)19-4-2-3-18-21(19)25-22(33-18)27(8-7-26-9-11-31-12-10-26)20(28)14-32-17-6-5-15(23)13-16(17)24;/h2-6,13H,7-12,14H2,1H3;1H. The lowest BCUT2D eigenvalue weighted by Crippen LogP contribution is -2.44. The minimum absolute atomic E-state index is 0. The van der Waals surface area contributed by atoms with E-state index in [1.807, 2.05) is 0 Å². The first-order chi connectivity index (χ1) is 16.2. The van der Waals surface area contributed by atoms with Crippen LogP contribution in [0.1, 0.15) is 0 Å². The highest BCUT2D eigenvalue weighted by Crippen LogP contribution is 2.33. The summed E-state index contributed by atoms with van der Waals surface area (Å²) in [4.78, 5) is 21.7. The quantitative estimate of drug-likeness (QED) is 0.395. The van der Waals surface area contributed by atoms with Gasteiger partial charge in [-0.1, -0.05) is 40.6 Å². The molecule has 1 saturated heterocycles. The molecule has 4 rings (SSSR count). The lowest BCUT2D eigenvalue weighted by Gasteiger charge is -2.29. The Balaban J connectivity index is 0.00000342. The summed E-state index contributed by atoms with van der Waals surface area (Å²) >= 11 is 13.4. The van der Waals surface area contributed by atoms with E-state index in [1.54, 1.807) is 30.3 Å². The Hall–Kier alpha value is -1.66. The first kappa shape index (κ1) is 27.9. The number of carbonyl (C=O) groups is 1. The zero-order valence-corrected chi connectivity index (χ0v) is 22.7. The van der Waals surface area contributed by atoms with Gasteiger partial charge in [-0.3, -0.25) is 14.6 Å². The third-order valence-corrected chi connectivity index (χ3v) is 7.99. The number of nitrogens with zero attached hydrogens (tertiary/aromatic N) is 3. The number of amides is 1. The van der Waals surface area contributed by atoms with Crippen molar-refractivity contribution in [2.24, 2.45) is 0 Å². The van der Waals surface area contributed by atoms with Gasteiger partial charge in [-0.2, -0.15) is 0 Å². The van der Waals surface area contributed by atoms with Gasteiger partial charge in [0.15, 0.2) is 21.6 Å². The van der Waals surface area contributed by atoms with Crippen molar-refractivity contribution in [2.75, 3.05) is 57.2 Å². The van der Waals surface area contributed by atoms with E-state index < -0.39 is 9.84 Å². The largest absolute Gasteiger partial charge is 0.482 e. The van der Waals surface area contributed by atoms with E-state index in [0.717, 1.165) is 19.3 Å². The van der Waals surface area contributed by atoms with Gasteiger partial charge in [-0.15, -0.1) is 12.4 Å². The van der Waals surface area contributed by atoms with Crippen LogP contribution in [0.3, 0.4) is 0 Å². The van der Waals surface area contributed by atoms with Crippen molar-refractivity contribution in [1.82, 2.24) is 9.88 Å². The summed E-state index contributed by atoms with van der Waals surface area (Å²) in [6, 6.07) is 9.76. The number of sulfone groups is 1. The minimum Gasteiger partial charge on any atom is -0.482 e.